The van der Waals surface area contributed by atoms with Crippen LogP contribution in [-0.4, -0.2) is 28.3 Å². The molecule has 0 saturated heterocycles. The molecule has 1 aliphatic carbocycles. The molecule has 1 fully saturated rings. The number of rotatable bonds is 5. The summed E-state index contributed by atoms with van der Waals surface area (Å²) in [6.45, 7) is 2.78. The molecule has 5 rings (SSSR count). The third kappa shape index (κ3) is 5.32. The van der Waals surface area contributed by atoms with Crippen LogP contribution in [-0.2, 0) is 11.3 Å². The summed E-state index contributed by atoms with van der Waals surface area (Å²) < 4.78 is 8.37. The Hall–Kier alpha value is -1.83. The summed E-state index contributed by atoms with van der Waals surface area (Å²) >= 11 is 20.4. The van der Waals surface area contributed by atoms with E-state index in [2.05, 4.69) is 12.2 Å². The number of nitrogens with one attached hydrogen (secondary N) is 1. The summed E-state index contributed by atoms with van der Waals surface area (Å²) in [5.74, 6) is 0.304. The molecule has 0 radical (unpaired) electrons. The van der Waals surface area contributed by atoms with Crippen molar-refractivity contribution in [2.45, 2.75) is 51.7 Å². The van der Waals surface area contributed by atoms with E-state index in [1.807, 2.05) is 24.3 Å². The zero-order valence-electron chi connectivity index (χ0n) is 19.3. The highest BCUT2D eigenvalue weighted by Crippen LogP contribution is 2.36. The molecule has 9 heteroatoms. The van der Waals surface area contributed by atoms with E-state index in [9.17, 15) is 4.79 Å². The zero-order chi connectivity index (χ0) is 24.5. The van der Waals surface area contributed by atoms with Crippen LogP contribution in [0.3, 0.4) is 0 Å². The van der Waals surface area contributed by atoms with Crippen molar-refractivity contribution in [3.63, 3.8) is 0 Å². The van der Waals surface area contributed by atoms with Crippen LogP contribution in [0.5, 0.6) is 0 Å². The Labute approximate surface area is 224 Å². The van der Waals surface area contributed by atoms with E-state index in [1.165, 1.54) is 30.6 Å². The topological polar surface area (TPSA) is 56.2 Å². The molecule has 2 aromatic heterocycles. The number of amides is 1. The summed E-state index contributed by atoms with van der Waals surface area (Å²) in [4.78, 5) is 14.5. The van der Waals surface area contributed by atoms with Gasteiger partial charge >= 0.3 is 0 Å². The van der Waals surface area contributed by atoms with Crippen LogP contribution >= 0.6 is 46.1 Å². The van der Waals surface area contributed by atoms with E-state index < -0.39 is 0 Å². The van der Waals surface area contributed by atoms with Crippen molar-refractivity contribution in [3.05, 3.63) is 66.5 Å². The highest BCUT2D eigenvalue weighted by molar-refractivity contribution is 7.17. The minimum absolute atomic E-state index is 0.0792. The minimum Gasteiger partial charge on any atom is -0.372 e. The number of ether oxygens (including phenoxy) is 1. The summed E-state index contributed by atoms with van der Waals surface area (Å²) in [6, 6.07) is 9.17. The van der Waals surface area contributed by atoms with Gasteiger partial charge in [0.05, 0.1) is 34.0 Å². The van der Waals surface area contributed by atoms with Gasteiger partial charge in [0, 0.05) is 27.1 Å². The van der Waals surface area contributed by atoms with Gasteiger partial charge in [-0.15, -0.1) is 11.3 Å². The van der Waals surface area contributed by atoms with Crippen molar-refractivity contribution in [1.82, 2.24) is 15.1 Å². The lowest BCUT2D eigenvalue weighted by molar-refractivity contribution is 0.0906. The highest BCUT2D eigenvalue weighted by Gasteiger charge is 2.31. The Morgan fingerprint density at radius 3 is 2.69 bits per heavy atom. The van der Waals surface area contributed by atoms with Crippen LogP contribution in [0.4, 0.5) is 0 Å². The molecule has 3 heterocycles. The van der Waals surface area contributed by atoms with Gasteiger partial charge in [-0.2, -0.15) is 5.10 Å². The monoisotopic (exact) mass is 549 g/mol. The standard InChI is InChI=1S/C26H26Cl3N3O2S/c1-15(16-5-3-2-4-6-16)30-26(33)24-20-14-34-13-17(11-19-8-10-23(29)35-19)25(20)32(31-24)22-9-7-18(27)12-21(22)28/h7-12,15-16H,2-6,13-14H2,1H3,(H,30,33)/b17-11+/t15-/m0/s1. The number of benzene rings is 1. The van der Waals surface area contributed by atoms with Gasteiger partial charge in [-0.3, -0.25) is 4.79 Å². The molecule has 1 aliphatic heterocycles. The second kappa shape index (κ2) is 10.7. The van der Waals surface area contributed by atoms with Crippen LogP contribution in [0.2, 0.25) is 14.4 Å². The van der Waals surface area contributed by atoms with Crippen molar-refractivity contribution in [3.8, 4) is 5.69 Å². The van der Waals surface area contributed by atoms with Gasteiger partial charge < -0.3 is 10.1 Å². The van der Waals surface area contributed by atoms with Gasteiger partial charge in [-0.25, -0.2) is 4.68 Å². The smallest absolute Gasteiger partial charge is 0.272 e. The second-order valence-corrected chi connectivity index (χ2v) is 11.7. The molecule has 1 N–H and O–H groups in total. The number of nitrogens with zero attached hydrogens (tertiary/aromatic N) is 2. The molecule has 5 nitrogen and oxygen atoms in total. The predicted molar refractivity (Wildman–Crippen MR) is 144 cm³/mol. The van der Waals surface area contributed by atoms with Crippen molar-refractivity contribution in [2.75, 3.05) is 6.61 Å². The highest BCUT2D eigenvalue weighted by atomic mass is 35.5. The largest absolute Gasteiger partial charge is 0.372 e. The summed E-state index contributed by atoms with van der Waals surface area (Å²) in [7, 11) is 0. The van der Waals surface area contributed by atoms with Gasteiger partial charge in [0.1, 0.15) is 0 Å². The third-order valence-electron chi connectivity index (χ3n) is 6.77. The zero-order valence-corrected chi connectivity index (χ0v) is 22.4. The van der Waals surface area contributed by atoms with Gasteiger partial charge in [-0.05, 0) is 62.1 Å². The first-order chi connectivity index (χ1) is 16.9. The lowest BCUT2D eigenvalue weighted by Crippen LogP contribution is -2.39. The first-order valence-electron chi connectivity index (χ1n) is 11.8. The van der Waals surface area contributed by atoms with Crippen LogP contribution in [0.15, 0.2) is 30.3 Å². The third-order valence-corrected chi connectivity index (χ3v) is 8.49. The van der Waals surface area contributed by atoms with Crippen LogP contribution in [0.25, 0.3) is 17.3 Å². The molecule has 1 aromatic carbocycles. The molecule has 0 spiro atoms. The van der Waals surface area contributed by atoms with Crippen molar-refractivity contribution >= 4 is 63.7 Å². The quantitative estimate of drug-likeness (QED) is 0.355. The molecule has 0 bridgehead atoms. The van der Waals surface area contributed by atoms with Gasteiger partial charge in [0.25, 0.3) is 5.91 Å². The van der Waals surface area contributed by atoms with Crippen LogP contribution in [0, 0.1) is 5.92 Å². The maximum Gasteiger partial charge on any atom is 0.272 e. The van der Waals surface area contributed by atoms with Gasteiger partial charge in [0.15, 0.2) is 5.69 Å². The number of carbonyl (C=O) groups is 1. The Morgan fingerprint density at radius 2 is 1.97 bits per heavy atom. The first-order valence-corrected chi connectivity index (χ1v) is 13.8. The molecule has 0 unspecified atom stereocenters. The van der Waals surface area contributed by atoms with E-state index in [0.29, 0.717) is 44.9 Å². The van der Waals surface area contributed by atoms with Crippen molar-refractivity contribution in [1.29, 1.82) is 0 Å². The summed E-state index contributed by atoms with van der Waals surface area (Å²) in [5, 5.41) is 8.98. The SMILES string of the molecule is C[C@H](NC(=O)c1nn(-c2ccc(Cl)cc2Cl)c2c1COC/C2=C\c1ccc(Cl)s1)C1CCCCC1. The molecule has 1 saturated carbocycles. The fourth-order valence-electron chi connectivity index (χ4n) is 4.97. The molecular formula is C26H26Cl3N3O2S. The van der Waals surface area contributed by atoms with Crippen LogP contribution in [0.1, 0.15) is 65.7 Å². The number of hydrogen-bond acceptors (Lipinski definition) is 4. The van der Waals surface area contributed by atoms with E-state index in [-0.39, 0.29) is 11.9 Å². The molecule has 1 amide bonds. The Bertz CT molecular complexity index is 1280. The summed E-state index contributed by atoms with van der Waals surface area (Å²) in [6.07, 6.45) is 8.04. The fraction of sp³-hybridized carbons (Fsp3) is 0.385. The normalized spacial score (nSPS) is 18.5. The predicted octanol–water partition coefficient (Wildman–Crippen LogP) is 7.66. The Morgan fingerprint density at radius 1 is 1.17 bits per heavy atom. The lowest BCUT2D eigenvalue weighted by atomic mass is 9.84. The van der Waals surface area contributed by atoms with E-state index in [1.54, 1.807) is 16.8 Å². The molecule has 1 atom stereocenters. The molecule has 3 aromatic rings. The van der Waals surface area contributed by atoms with Crippen LogP contribution < -0.4 is 5.32 Å². The number of hydrogen-bond donors (Lipinski definition) is 1. The molecule has 184 valence electrons. The fourth-order valence-corrected chi connectivity index (χ4v) is 6.49. The Balaban J connectivity index is 1.57. The summed E-state index contributed by atoms with van der Waals surface area (Å²) in [5.41, 5.74) is 3.50. The van der Waals surface area contributed by atoms with E-state index in [4.69, 9.17) is 44.6 Å². The Kier molecular flexibility index (Phi) is 7.56. The van der Waals surface area contributed by atoms with E-state index in [0.717, 1.165) is 34.5 Å². The average Bonchev–Trinajstić information content (AvgIpc) is 3.43. The molecule has 2 aliphatic rings. The number of fused-ring (bicyclic) bond motifs is 1. The number of aromatic nitrogens is 2. The number of thiophene rings is 1. The molecule has 35 heavy (non-hydrogen) atoms. The molecular weight excluding hydrogens is 525 g/mol. The van der Waals surface area contributed by atoms with Gasteiger partial charge in [-0.1, -0.05) is 54.1 Å². The first kappa shape index (κ1) is 24.8. The number of halogens is 3. The van der Waals surface area contributed by atoms with E-state index >= 15 is 0 Å². The van der Waals surface area contributed by atoms with Gasteiger partial charge in [0.2, 0.25) is 0 Å². The lowest BCUT2D eigenvalue weighted by Gasteiger charge is -2.28. The van der Waals surface area contributed by atoms with Crippen molar-refractivity contribution in [2.24, 2.45) is 5.92 Å². The average molecular weight is 551 g/mol. The maximum absolute atomic E-state index is 13.5. The number of carbonyl (C=O) groups excluding carboxylic acids is 1. The minimum atomic E-state index is -0.188. The maximum atomic E-state index is 13.5. The second-order valence-electron chi connectivity index (χ2n) is 9.15. The van der Waals surface area contributed by atoms with Crippen molar-refractivity contribution < 1.29 is 9.53 Å².